The fourth-order valence-electron chi connectivity index (χ4n) is 3.47. The molecule has 0 aromatic carbocycles. The first-order valence-corrected chi connectivity index (χ1v) is 10.3. The largest absolute Gasteiger partial charge is 0.598 e. The van der Waals surface area contributed by atoms with Crippen LogP contribution in [0.25, 0.3) is 0 Å². The monoisotopic (exact) mass is 381 g/mol. The summed E-state index contributed by atoms with van der Waals surface area (Å²) in [5.74, 6) is 0.303. The topological polar surface area (TPSA) is 88.5 Å². The Morgan fingerprint density at radius 1 is 1.50 bits per heavy atom. The van der Waals surface area contributed by atoms with Gasteiger partial charge in [0.1, 0.15) is 4.75 Å². The van der Waals surface area contributed by atoms with Gasteiger partial charge >= 0.3 is 6.09 Å². The maximum absolute atomic E-state index is 12.6. The number of rotatable bonds is 6. The zero-order valence-electron chi connectivity index (χ0n) is 16.4. The van der Waals surface area contributed by atoms with Gasteiger partial charge in [-0.3, -0.25) is 4.98 Å². The SMILES string of the molecule is CC1(C)C[C@H](CCC(N[S+]([O-])C(C)(C)C)c2ccccn2)CN1C(=O)O. The maximum atomic E-state index is 12.6. The number of hydrogen-bond donors (Lipinski definition) is 2. The third kappa shape index (κ3) is 5.34. The molecule has 26 heavy (non-hydrogen) atoms. The van der Waals surface area contributed by atoms with E-state index in [1.165, 1.54) is 4.90 Å². The van der Waals surface area contributed by atoms with Crippen LogP contribution in [0.3, 0.4) is 0 Å². The molecular weight excluding hydrogens is 350 g/mol. The Balaban J connectivity index is 2.05. The lowest BCUT2D eigenvalue weighted by molar-refractivity contribution is 0.117. The van der Waals surface area contributed by atoms with Gasteiger partial charge in [0.25, 0.3) is 0 Å². The summed E-state index contributed by atoms with van der Waals surface area (Å²) in [4.78, 5) is 17.4. The normalized spacial score (nSPS) is 22.2. The highest BCUT2D eigenvalue weighted by molar-refractivity contribution is 7.90. The Labute approximate surface area is 159 Å². The summed E-state index contributed by atoms with van der Waals surface area (Å²) < 4.78 is 15.4. The summed E-state index contributed by atoms with van der Waals surface area (Å²) >= 11 is -1.20. The number of amides is 1. The smallest absolute Gasteiger partial charge is 0.407 e. The predicted octanol–water partition coefficient (Wildman–Crippen LogP) is 3.73. The van der Waals surface area contributed by atoms with Crippen molar-refractivity contribution in [2.24, 2.45) is 5.92 Å². The first-order valence-electron chi connectivity index (χ1n) is 9.10. The predicted molar refractivity (Wildman–Crippen MR) is 104 cm³/mol. The zero-order chi connectivity index (χ0) is 19.5. The summed E-state index contributed by atoms with van der Waals surface area (Å²) in [6.45, 7) is 10.3. The highest BCUT2D eigenvalue weighted by atomic mass is 32.2. The van der Waals surface area contributed by atoms with E-state index in [0.29, 0.717) is 12.5 Å². The van der Waals surface area contributed by atoms with Gasteiger partial charge in [-0.2, -0.15) is 0 Å². The molecule has 1 fully saturated rings. The molecule has 6 nitrogen and oxygen atoms in total. The summed E-state index contributed by atoms with van der Waals surface area (Å²) in [5.41, 5.74) is 0.538. The van der Waals surface area contributed by atoms with E-state index in [4.69, 9.17) is 0 Å². The second-order valence-electron chi connectivity index (χ2n) is 8.66. The van der Waals surface area contributed by atoms with Gasteiger partial charge in [0.2, 0.25) is 0 Å². The molecular formula is C19H31N3O3S. The van der Waals surface area contributed by atoms with E-state index in [2.05, 4.69) is 9.71 Å². The van der Waals surface area contributed by atoms with Gasteiger partial charge in [-0.1, -0.05) is 6.07 Å². The molecule has 1 aliphatic rings. The molecule has 1 aliphatic heterocycles. The number of pyridine rings is 1. The zero-order valence-corrected chi connectivity index (χ0v) is 17.2. The summed E-state index contributed by atoms with van der Waals surface area (Å²) in [6, 6.07) is 5.63. The summed E-state index contributed by atoms with van der Waals surface area (Å²) in [6.07, 6.45) is 3.37. The first-order chi connectivity index (χ1) is 12.0. The van der Waals surface area contributed by atoms with Crippen LogP contribution < -0.4 is 4.72 Å². The average Bonchev–Trinajstić information content (AvgIpc) is 2.86. The number of aromatic nitrogens is 1. The van der Waals surface area contributed by atoms with Crippen molar-refractivity contribution in [3.8, 4) is 0 Å². The van der Waals surface area contributed by atoms with E-state index in [9.17, 15) is 14.5 Å². The van der Waals surface area contributed by atoms with E-state index in [1.807, 2.05) is 52.8 Å². The highest BCUT2D eigenvalue weighted by Crippen LogP contribution is 2.36. The van der Waals surface area contributed by atoms with Crippen molar-refractivity contribution in [3.05, 3.63) is 30.1 Å². The fourth-order valence-corrected chi connectivity index (χ4v) is 4.33. The van der Waals surface area contributed by atoms with Crippen LogP contribution in [-0.2, 0) is 11.4 Å². The minimum Gasteiger partial charge on any atom is -0.598 e. The van der Waals surface area contributed by atoms with E-state index in [0.717, 1.165) is 25.0 Å². The number of likely N-dealkylation sites (tertiary alicyclic amines) is 1. The molecule has 146 valence electrons. The van der Waals surface area contributed by atoms with Crippen LogP contribution >= 0.6 is 0 Å². The van der Waals surface area contributed by atoms with Gasteiger partial charge in [0, 0.05) is 29.6 Å². The molecule has 0 bridgehead atoms. The van der Waals surface area contributed by atoms with Crippen molar-refractivity contribution in [2.45, 2.75) is 70.2 Å². The minimum absolute atomic E-state index is 0.113. The Morgan fingerprint density at radius 3 is 2.69 bits per heavy atom. The molecule has 1 aromatic heterocycles. The molecule has 0 radical (unpaired) electrons. The van der Waals surface area contributed by atoms with Crippen LogP contribution in [0.2, 0.25) is 0 Å². The lowest BCUT2D eigenvalue weighted by Gasteiger charge is -2.28. The van der Waals surface area contributed by atoms with E-state index in [-0.39, 0.29) is 16.3 Å². The molecule has 2 unspecified atom stereocenters. The van der Waals surface area contributed by atoms with Crippen LogP contribution in [0.15, 0.2) is 24.4 Å². The number of hydrogen-bond acceptors (Lipinski definition) is 4. The summed E-state index contributed by atoms with van der Waals surface area (Å²) in [5, 5.41) is 9.39. The first kappa shape index (κ1) is 21.0. The van der Waals surface area contributed by atoms with Crippen LogP contribution in [-0.4, -0.2) is 42.5 Å². The van der Waals surface area contributed by atoms with Crippen molar-refractivity contribution >= 4 is 17.5 Å². The van der Waals surface area contributed by atoms with Gasteiger partial charge < -0.3 is 14.6 Å². The van der Waals surface area contributed by atoms with E-state index in [1.54, 1.807) is 6.20 Å². The number of carboxylic acid groups (broad SMARTS) is 1. The number of nitrogens with zero attached hydrogens (tertiary/aromatic N) is 2. The van der Waals surface area contributed by atoms with Crippen molar-refractivity contribution in [2.75, 3.05) is 6.54 Å². The molecule has 3 atom stereocenters. The quantitative estimate of drug-likeness (QED) is 0.733. The number of carbonyl (C=O) groups is 1. The van der Waals surface area contributed by atoms with E-state index >= 15 is 0 Å². The maximum Gasteiger partial charge on any atom is 0.407 e. The molecule has 0 saturated carbocycles. The van der Waals surface area contributed by atoms with Gasteiger partial charge in [0.15, 0.2) is 0 Å². The lowest BCUT2D eigenvalue weighted by atomic mass is 9.91. The summed E-state index contributed by atoms with van der Waals surface area (Å²) in [7, 11) is 0. The minimum atomic E-state index is -1.20. The molecule has 1 aromatic rings. The van der Waals surface area contributed by atoms with Gasteiger partial charge in [0.05, 0.1) is 11.7 Å². The Morgan fingerprint density at radius 2 is 2.19 bits per heavy atom. The molecule has 2 heterocycles. The fraction of sp³-hybridized carbons (Fsp3) is 0.684. The van der Waals surface area contributed by atoms with Crippen LogP contribution in [0.5, 0.6) is 0 Å². The van der Waals surface area contributed by atoms with Crippen molar-refractivity contribution in [1.29, 1.82) is 0 Å². The Hall–Kier alpha value is -1.31. The standard InChI is InChI=1S/C19H31N3O3S/c1-18(2,3)26(25)21-16(15-8-6-7-11-20-15)10-9-14-12-19(4,5)22(13-14)17(23)24/h6-8,11,14,16,21H,9-10,12-13H2,1-5H3,(H,23,24)/t14-,16?,26?/m0/s1. The molecule has 1 amide bonds. The third-order valence-corrected chi connectivity index (χ3v) is 6.52. The Kier molecular flexibility index (Phi) is 6.58. The second-order valence-corrected chi connectivity index (χ2v) is 10.7. The third-order valence-electron chi connectivity index (χ3n) is 4.90. The molecule has 2 rings (SSSR count). The lowest BCUT2D eigenvalue weighted by Crippen LogP contribution is -2.41. The Bertz CT molecular complexity index is 604. The highest BCUT2D eigenvalue weighted by Gasteiger charge is 2.41. The van der Waals surface area contributed by atoms with Crippen molar-refractivity contribution in [1.82, 2.24) is 14.6 Å². The van der Waals surface area contributed by atoms with E-state index < -0.39 is 17.5 Å². The van der Waals surface area contributed by atoms with Crippen LogP contribution in [0, 0.1) is 5.92 Å². The van der Waals surface area contributed by atoms with Gasteiger partial charge in [-0.25, -0.2) is 4.79 Å². The number of nitrogens with one attached hydrogen (secondary N) is 1. The molecule has 2 N–H and O–H groups in total. The molecule has 0 aliphatic carbocycles. The second kappa shape index (κ2) is 8.15. The molecule has 1 saturated heterocycles. The van der Waals surface area contributed by atoms with Gasteiger partial charge in [-0.15, -0.1) is 4.72 Å². The van der Waals surface area contributed by atoms with Crippen LogP contribution in [0.1, 0.15) is 65.6 Å². The van der Waals surface area contributed by atoms with Gasteiger partial charge in [-0.05, 0) is 71.9 Å². The molecule has 0 spiro atoms. The van der Waals surface area contributed by atoms with Crippen molar-refractivity contribution < 1.29 is 14.5 Å². The molecule has 7 heteroatoms. The van der Waals surface area contributed by atoms with Crippen LogP contribution in [0.4, 0.5) is 4.79 Å². The van der Waals surface area contributed by atoms with Crippen molar-refractivity contribution in [3.63, 3.8) is 0 Å². The average molecular weight is 382 g/mol.